The molecule has 2 rings (SSSR count). The van der Waals surface area contributed by atoms with E-state index in [0.29, 0.717) is 4.88 Å². The van der Waals surface area contributed by atoms with Gasteiger partial charge in [-0.15, -0.1) is 11.3 Å². The molecule has 0 aliphatic rings. The van der Waals surface area contributed by atoms with Crippen molar-refractivity contribution >= 4 is 23.1 Å². The van der Waals surface area contributed by atoms with E-state index < -0.39 is 11.5 Å². The molecule has 0 aliphatic carbocycles. The summed E-state index contributed by atoms with van der Waals surface area (Å²) >= 11 is 1.34. The molecule has 0 atom stereocenters. The Morgan fingerprint density at radius 1 is 1.38 bits per heavy atom. The second kappa shape index (κ2) is 5.81. The van der Waals surface area contributed by atoms with Gasteiger partial charge in [0.25, 0.3) is 0 Å². The first kappa shape index (κ1) is 15.4. The topological polar surface area (TPSA) is 61.2 Å². The van der Waals surface area contributed by atoms with Gasteiger partial charge in [0, 0.05) is 0 Å². The van der Waals surface area contributed by atoms with E-state index in [4.69, 9.17) is 4.74 Å². The van der Waals surface area contributed by atoms with Gasteiger partial charge in [-0.1, -0.05) is 6.07 Å². The predicted molar refractivity (Wildman–Crippen MR) is 80.9 cm³/mol. The Balaban J connectivity index is 2.54. The molecule has 2 aromatic heterocycles. The van der Waals surface area contributed by atoms with Crippen LogP contribution in [0.1, 0.15) is 53.4 Å². The molecule has 0 fully saturated rings. The van der Waals surface area contributed by atoms with E-state index >= 15 is 0 Å². The number of ether oxygens (including phenoxy) is 1. The number of ketones is 1. The van der Waals surface area contributed by atoms with Crippen molar-refractivity contribution < 1.29 is 14.3 Å². The van der Waals surface area contributed by atoms with Crippen molar-refractivity contribution in [3.63, 3.8) is 0 Å². The average Bonchev–Trinajstić information content (AvgIpc) is 3.06. The molecule has 0 aromatic carbocycles. The molecule has 0 N–H and O–H groups in total. The summed E-state index contributed by atoms with van der Waals surface area (Å²) in [6.07, 6.45) is 1.44. The number of hydrogen-bond acceptors (Lipinski definition) is 5. The number of rotatable bonds is 4. The zero-order chi connectivity index (χ0) is 15.6. The standard InChI is InChI=1S/C15H18N2O3S/c1-5-20-14(19)12-10(9-16-17(12)15(2,3)4)13(18)11-7-6-8-21-11/h6-9H,5H2,1-4H3. The normalized spacial score (nSPS) is 11.4. The first-order valence-corrected chi connectivity index (χ1v) is 7.58. The minimum absolute atomic E-state index is 0.205. The second-order valence-electron chi connectivity index (χ2n) is 5.52. The van der Waals surface area contributed by atoms with E-state index in [1.165, 1.54) is 17.5 Å². The SMILES string of the molecule is CCOC(=O)c1c(C(=O)c2cccs2)cnn1C(C)(C)C. The highest BCUT2D eigenvalue weighted by molar-refractivity contribution is 7.12. The molecule has 0 unspecified atom stereocenters. The van der Waals surface area contributed by atoms with Crippen molar-refractivity contribution in [3.8, 4) is 0 Å². The summed E-state index contributed by atoms with van der Waals surface area (Å²) in [5.41, 5.74) is 0.0735. The minimum atomic E-state index is -0.523. The van der Waals surface area contributed by atoms with Crippen LogP contribution in [0.2, 0.25) is 0 Å². The average molecular weight is 306 g/mol. The van der Waals surface area contributed by atoms with E-state index in [0.717, 1.165) is 0 Å². The lowest BCUT2D eigenvalue weighted by atomic mass is 10.1. The monoisotopic (exact) mass is 306 g/mol. The van der Waals surface area contributed by atoms with Gasteiger partial charge in [-0.3, -0.25) is 9.48 Å². The Kier molecular flexibility index (Phi) is 4.27. The first-order valence-electron chi connectivity index (χ1n) is 6.70. The van der Waals surface area contributed by atoms with Gasteiger partial charge in [0.05, 0.1) is 28.8 Å². The number of nitrogens with zero attached hydrogens (tertiary/aromatic N) is 2. The van der Waals surface area contributed by atoms with Crippen molar-refractivity contribution in [1.82, 2.24) is 9.78 Å². The Morgan fingerprint density at radius 2 is 2.10 bits per heavy atom. The highest BCUT2D eigenvalue weighted by atomic mass is 32.1. The highest BCUT2D eigenvalue weighted by Gasteiger charge is 2.30. The van der Waals surface area contributed by atoms with Gasteiger partial charge in [0.2, 0.25) is 5.78 Å². The third kappa shape index (κ3) is 3.05. The number of hydrogen-bond donors (Lipinski definition) is 0. The van der Waals surface area contributed by atoms with Crippen molar-refractivity contribution in [2.75, 3.05) is 6.61 Å². The van der Waals surface area contributed by atoms with Crippen LogP contribution in [0, 0.1) is 0 Å². The predicted octanol–water partition coefficient (Wildman–Crippen LogP) is 3.11. The van der Waals surface area contributed by atoms with E-state index in [1.807, 2.05) is 26.2 Å². The van der Waals surface area contributed by atoms with Crippen molar-refractivity contribution in [1.29, 1.82) is 0 Å². The van der Waals surface area contributed by atoms with Gasteiger partial charge in [0.15, 0.2) is 5.69 Å². The lowest BCUT2D eigenvalue weighted by Crippen LogP contribution is -2.28. The quantitative estimate of drug-likeness (QED) is 0.643. The molecule has 0 aliphatic heterocycles. The summed E-state index contributed by atoms with van der Waals surface area (Å²) in [7, 11) is 0. The van der Waals surface area contributed by atoms with Crippen molar-refractivity contribution in [2.45, 2.75) is 33.2 Å². The van der Waals surface area contributed by atoms with Crippen LogP contribution in [0.25, 0.3) is 0 Å². The number of esters is 1. The molecular weight excluding hydrogens is 288 g/mol. The molecule has 0 amide bonds. The minimum Gasteiger partial charge on any atom is -0.461 e. The number of thiophene rings is 1. The summed E-state index contributed by atoms with van der Waals surface area (Å²) in [5.74, 6) is -0.728. The summed E-state index contributed by atoms with van der Waals surface area (Å²) in [5, 5.41) is 6.05. The third-order valence-corrected chi connectivity index (χ3v) is 3.73. The van der Waals surface area contributed by atoms with Crippen LogP contribution < -0.4 is 0 Å². The summed E-state index contributed by atoms with van der Waals surface area (Å²) in [6.45, 7) is 7.74. The van der Waals surface area contributed by atoms with Gasteiger partial charge >= 0.3 is 5.97 Å². The summed E-state index contributed by atoms with van der Waals surface area (Å²) < 4.78 is 6.63. The molecule has 2 aromatic rings. The number of carbonyl (C=O) groups excluding carboxylic acids is 2. The fourth-order valence-electron chi connectivity index (χ4n) is 1.96. The van der Waals surface area contributed by atoms with Gasteiger partial charge in [0.1, 0.15) is 0 Å². The molecule has 2 heterocycles. The lowest BCUT2D eigenvalue weighted by molar-refractivity contribution is 0.0500. The van der Waals surface area contributed by atoms with Gasteiger partial charge in [-0.25, -0.2) is 4.79 Å². The first-order chi connectivity index (χ1) is 9.86. The van der Waals surface area contributed by atoms with Gasteiger partial charge in [-0.05, 0) is 39.1 Å². The molecule has 0 saturated heterocycles. The van der Waals surface area contributed by atoms with Crippen LogP contribution >= 0.6 is 11.3 Å². The Morgan fingerprint density at radius 3 is 2.62 bits per heavy atom. The number of carbonyl (C=O) groups is 2. The molecule has 112 valence electrons. The molecule has 21 heavy (non-hydrogen) atoms. The Labute approximate surface area is 127 Å². The molecule has 0 saturated carbocycles. The summed E-state index contributed by atoms with van der Waals surface area (Å²) in [4.78, 5) is 25.3. The molecule has 0 bridgehead atoms. The van der Waals surface area contributed by atoms with Crippen LogP contribution in [0.15, 0.2) is 23.7 Å². The van der Waals surface area contributed by atoms with Crippen LogP contribution in [0.4, 0.5) is 0 Å². The van der Waals surface area contributed by atoms with Gasteiger partial charge in [-0.2, -0.15) is 5.10 Å². The van der Waals surface area contributed by atoms with Crippen LogP contribution in [-0.4, -0.2) is 28.1 Å². The fraction of sp³-hybridized carbons (Fsp3) is 0.400. The molecular formula is C15H18N2O3S. The van der Waals surface area contributed by atoms with Crippen LogP contribution in [0.3, 0.4) is 0 Å². The second-order valence-corrected chi connectivity index (χ2v) is 6.46. The lowest BCUT2D eigenvalue weighted by Gasteiger charge is -2.21. The van der Waals surface area contributed by atoms with E-state index in [2.05, 4.69) is 5.10 Å². The zero-order valence-corrected chi connectivity index (χ0v) is 13.4. The number of aromatic nitrogens is 2. The largest absolute Gasteiger partial charge is 0.461 e. The molecule has 5 nitrogen and oxygen atoms in total. The molecule has 6 heteroatoms. The maximum atomic E-state index is 12.5. The van der Waals surface area contributed by atoms with E-state index in [9.17, 15) is 9.59 Å². The highest BCUT2D eigenvalue weighted by Crippen LogP contribution is 2.23. The Hall–Kier alpha value is -1.95. The van der Waals surface area contributed by atoms with Crippen LogP contribution in [0.5, 0.6) is 0 Å². The van der Waals surface area contributed by atoms with Crippen molar-refractivity contribution in [2.24, 2.45) is 0 Å². The summed E-state index contributed by atoms with van der Waals surface area (Å²) in [6, 6.07) is 3.53. The van der Waals surface area contributed by atoms with Gasteiger partial charge < -0.3 is 4.74 Å². The molecule has 0 radical (unpaired) electrons. The fourth-order valence-corrected chi connectivity index (χ4v) is 2.64. The molecule has 0 spiro atoms. The van der Waals surface area contributed by atoms with Crippen LogP contribution in [-0.2, 0) is 10.3 Å². The maximum absolute atomic E-state index is 12.5. The van der Waals surface area contributed by atoms with E-state index in [-0.39, 0.29) is 23.6 Å². The van der Waals surface area contributed by atoms with E-state index in [1.54, 1.807) is 23.7 Å². The maximum Gasteiger partial charge on any atom is 0.357 e. The zero-order valence-electron chi connectivity index (χ0n) is 12.5. The third-order valence-electron chi connectivity index (χ3n) is 2.86. The Bertz CT molecular complexity index is 651. The smallest absolute Gasteiger partial charge is 0.357 e. The van der Waals surface area contributed by atoms with Crippen molar-refractivity contribution in [3.05, 3.63) is 39.8 Å².